The molecule has 0 bridgehead atoms. The summed E-state index contributed by atoms with van der Waals surface area (Å²) in [4.78, 5) is 20.8. The van der Waals surface area contributed by atoms with Crippen LogP contribution in [0.5, 0.6) is 0 Å². The molecule has 2 heterocycles. The molecule has 0 aliphatic heterocycles. The molecule has 0 atom stereocenters. The molecule has 2 rings (SSSR count). The Balaban J connectivity index is 2.10. The fourth-order valence-electron chi connectivity index (χ4n) is 1.20. The minimum Gasteiger partial charge on any atom is -0.293 e. The number of aromatic nitrogens is 2. The zero-order valence-corrected chi connectivity index (χ0v) is 10.1. The summed E-state index contributed by atoms with van der Waals surface area (Å²) in [5.41, 5.74) is 0.975. The predicted molar refractivity (Wildman–Crippen MR) is 61.7 cm³/mol. The summed E-state index contributed by atoms with van der Waals surface area (Å²) in [6.07, 6.45) is 2.03. The van der Waals surface area contributed by atoms with Crippen molar-refractivity contribution in [1.29, 1.82) is 0 Å². The van der Waals surface area contributed by atoms with E-state index in [4.69, 9.17) is 0 Å². The first kappa shape index (κ1) is 10.4. The van der Waals surface area contributed by atoms with Crippen molar-refractivity contribution < 1.29 is 4.79 Å². The second-order valence-electron chi connectivity index (χ2n) is 3.23. The molecule has 0 N–H and O–H groups in total. The minimum atomic E-state index is 0.106. The standard InChI is InChI=1S/C10H10N2OS2/c1-6-5-14-10(12-6)3-8(13)9-4-11-7(2)15-9/h4-5H,3H2,1-2H3. The van der Waals surface area contributed by atoms with Gasteiger partial charge in [-0.3, -0.25) is 4.79 Å². The number of hydrogen-bond acceptors (Lipinski definition) is 5. The maximum Gasteiger partial charge on any atom is 0.181 e. The van der Waals surface area contributed by atoms with E-state index in [1.807, 2.05) is 19.2 Å². The average molecular weight is 238 g/mol. The first-order valence-corrected chi connectivity index (χ1v) is 6.21. The van der Waals surface area contributed by atoms with Crippen LogP contribution in [0, 0.1) is 13.8 Å². The largest absolute Gasteiger partial charge is 0.293 e. The van der Waals surface area contributed by atoms with E-state index in [1.165, 1.54) is 22.7 Å². The normalized spacial score (nSPS) is 10.5. The highest BCUT2D eigenvalue weighted by atomic mass is 32.1. The Hall–Kier alpha value is -1.07. The Kier molecular flexibility index (Phi) is 2.93. The lowest BCUT2D eigenvalue weighted by atomic mass is 10.3. The molecule has 0 saturated heterocycles. The van der Waals surface area contributed by atoms with E-state index in [-0.39, 0.29) is 5.78 Å². The van der Waals surface area contributed by atoms with Gasteiger partial charge in [-0.1, -0.05) is 0 Å². The highest BCUT2D eigenvalue weighted by molar-refractivity contribution is 7.13. The Bertz CT molecular complexity index is 487. The number of carbonyl (C=O) groups excluding carboxylic acids is 1. The number of aryl methyl sites for hydroxylation is 2. The topological polar surface area (TPSA) is 42.9 Å². The second kappa shape index (κ2) is 4.20. The van der Waals surface area contributed by atoms with Gasteiger partial charge in [0, 0.05) is 17.3 Å². The van der Waals surface area contributed by atoms with Gasteiger partial charge >= 0.3 is 0 Å². The second-order valence-corrected chi connectivity index (χ2v) is 5.40. The highest BCUT2D eigenvalue weighted by Gasteiger charge is 2.11. The monoisotopic (exact) mass is 238 g/mol. The van der Waals surface area contributed by atoms with Crippen molar-refractivity contribution in [3.63, 3.8) is 0 Å². The molecule has 0 amide bonds. The summed E-state index contributed by atoms with van der Waals surface area (Å²) in [5.74, 6) is 0.106. The van der Waals surface area contributed by atoms with Crippen LogP contribution in [0.25, 0.3) is 0 Å². The maximum absolute atomic E-state index is 11.8. The van der Waals surface area contributed by atoms with E-state index >= 15 is 0 Å². The molecule has 78 valence electrons. The van der Waals surface area contributed by atoms with Gasteiger partial charge in [-0.15, -0.1) is 22.7 Å². The number of Topliss-reactive ketones (excluding diaryl/α,β-unsaturated/α-hetero) is 1. The smallest absolute Gasteiger partial charge is 0.181 e. The molecule has 15 heavy (non-hydrogen) atoms. The summed E-state index contributed by atoms with van der Waals surface area (Å²) in [7, 11) is 0. The molecular weight excluding hydrogens is 228 g/mol. The molecule has 0 aliphatic carbocycles. The van der Waals surface area contributed by atoms with Gasteiger partial charge in [-0.2, -0.15) is 0 Å². The van der Waals surface area contributed by atoms with Gasteiger partial charge in [-0.05, 0) is 13.8 Å². The quantitative estimate of drug-likeness (QED) is 0.772. The molecule has 0 radical (unpaired) electrons. The van der Waals surface area contributed by atoms with Crippen molar-refractivity contribution in [3.8, 4) is 0 Å². The van der Waals surface area contributed by atoms with E-state index in [0.717, 1.165) is 20.6 Å². The number of thiazole rings is 2. The van der Waals surface area contributed by atoms with Crippen LogP contribution >= 0.6 is 22.7 Å². The number of nitrogens with zero attached hydrogens (tertiary/aromatic N) is 2. The molecule has 2 aromatic rings. The summed E-state index contributed by atoms with van der Waals surface area (Å²) in [5, 5.41) is 3.76. The fourth-order valence-corrected chi connectivity index (χ4v) is 2.68. The Morgan fingerprint density at radius 2 is 2.27 bits per heavy atom. The third-order valence-corrected chi connectivity index (χ3v) is 3.79. The number of hydrogen-bond donors (Lipinski definition) is 0. The van der Waals surface area contributed by atoms with Crippen molar-refractivity contribution >= 4 is 28.5 Å². The average Bonchev–Trinajstić information content (AvgIpc) is 2.75. The van der Waals surface area contributed by atoms with E-state index in [2.05, 4.69) is 9.97 Å². The fraction of sp³-hybridized carbons (Fsp3) is 0.300. The molecule has 0 fully saturated rings. The molecule has 0 aromatic carbocycles. The number of rotatable bonds is 3. The van der Waals surface area contributed by atoms with Crippen LogP contribution in [0.4, 0.5) is 0 Å². The molecule has 3 nitrogen and oxygen atoms in total. The molecular formula is C10H10N2OS2. The van der Waals surface area contributed by atoms with Gasteiger partial charge in [0.25, 0.3) is 0 Å². The third kappa shape index (κ3) is 2.49. The van der Waals surface area contributed by atoms with Crippen LogP contribution in [0.2, 0.25) is 0 Å². The molecule has 0 spiro atoms. The lowest BCUT2D eigenvalue weighted by Crippen LogP contribution is -2.00. The van der Waals surface area contributed by atoms with Crippen LogP contribution in [0.1, 0.15) is 25.4 Å². The number of carbonyl (C=O) groups is 1. The summed E-state index contributed by atoms with van der Waals surface area (Å²) in [6.45, 7) is 3.83. The molecule has 0 saturated carbocycles. The first-order chi connectivity index (χ1) is 7.15. The first-order valence-electron chi connectivity index (χ1n) is 4.52. The third-order valence-electron chi connectivity index (χ3n) is 1.87. The van der Waals surface area contributed by atoms with E-state index in [1.54, 1.807) is 6.20 Å². The molecule has 2 aromatic heterocycles. The highest BCUT2D eigenvalue weighted by Crippen LogP contribution is 2.16. The zero-order chi connectivity index (χ0) is 10.8. The lowest BCUT2D eigenvalue weighted by Gasteiger charge is -1.92. The van der Waals surface area contributed by atoms with Gasteiger partial charge in [-0.25, -0.2) is 9.97 Å². The van der Waals surface area contributed by atoms with Crippen LogP contribution in [-0.2, 0) is 6.42 Å². The van der Waals surface area contributed by atoms with Crippen molar-refractivity contribution in [1.82, 2.24) is 9.97 Å². The van der Waals surface area contributed by atoms with Crippen molar-refractivity contribution in [2.45, 2.75) is 20.3 Å². The van der Waals surface area contributed by atoms with E-state index in [9.17, 15) is 4.79 Å². The van der Waals surface area contributed by atoms with Crippen LogP contribution in [-0.4, -0.2) is 15.8 Å². The summed E-state index contributed by atoms with van der Waals surface area (Å²) in [6, 6.07) is 0. The SMILES string of the molecule is Cc1csc(CC(=O)c2cnc(C)s2)n1. The summed E-state index contributed by atoms with van der Waals surface area (Å²) < 4.78 is 0. The molecule has 0 aliphatic rings. The van der Waals surface area contributed by atoms with Gasteiger partial charge in [0.2, 0.25) is 0 Å². The maximum atomic E-state index is 11.8. The molecule has 0 unspecified atom stereocenters. The van der Waals surface area contributed by atoms with E-state index < -0.39 is 0 Å². The lowest BCUT2D eigenvalue weighted by molar-refractivity contribution is 0.0996. The summed E-state index contributed by atoms with van der Waals surface area (Å²) >= 11 is 2.97. The van der Waals surface area contributed by atoms with Gasteiger partial charge in [0.05, 0.1) is 16.3 Å². The van der Waals surface area contributed by atoms with Crippen LogP contribution in [0.15, 0.2) is 11.6 Å². The number of ketones is 1. The Morgan fingerprint density at radius 1 is 1.47 bits per heavy atom. The van der Waals surface area contributed by atoms with Gasteiger partial charge in [0.15, 0.2) is 5.78 Å². The van der Waals surface area contributed by atoms with Crippen molar-refractivity contribution in [3.05, 3.63) is 32.2 Å². The Morgan fingerprint density at radius 3 is 2.80 bits per heavy atom. The Labute approximate surface area is 95.8 Å². The zero-order valence-electron chi connectivity index (χ0n) is 8.48. The molecule has 5 heteroatoms. The minimum absolute atomic E-state index is 0.106. The van der Waals surface area contributed by atoms with E-state index in [0.29, 0.717) is 6.42 Å². The van der Waals surface area contributed by atoms with Crippen molar-refractivity contribution in [2.24, 2.45) is 0 Å². The van der Waals surface area contributed by atoms with Crippen LogP contribution < -0.4 is 0 Å². The predicted octanol–water partition coefficient (Wildman–Crippen LogP) is 2.64. The van der Waals surface area contributed by atoms with Crippen LogP contribution in [0.3, 0.4) is 0 Å². The van der Waals surface area contributed by atoms with Gasteiger partial charge in [0.1, 0.15) is 5.01 Å². The van der Waals surface area contributed by atoms with Crippen molar-refractivity contribution in [2.75, 3.05) is 0 Å². The van der Waals surface area contributed by atoms with Gasteiger partial charge < -0.3 is 0 Å².